The van der Waals surface area contributed by atoms with E-state index in [9.17, 15) is 17.6 Å². The van der Waals surface area contributed by atoms with Crippen LogP contribution in [0.4, 0.5) is 10.1 Å². The summed E-state index contributed by atoms with van der Waals surface area (Å²) < 4.78 is 43.7. The average molecular weight is 285 g/mol. The van der Waals surface area contributed by atoms with Crippen LogP contribution in [0.5, 0.6) is 0 Å². The van der Waals surface area contributed by atoms with Gasteiger partial charge in [-0.1, -0.05) is 0 Å². The van der Waals surface area contributed by atoms with Crippen molar-refractivity contribution in [2.24, 2.45) is 0 Å². The van der Waals surface area contributed by atoms with Gasteiger partial charge in [-0.05, 0) is 30.3 Å². The summed E-state index contributed by atoms with van der Waals surface area (Å²) >= 11 is 0. The molecule has 0 amide bonds. The van der Waals surface area contributed by atoms with E-state index in [2.05, 4.69) is 4.72 Å². The van der Waals surface area contributed by atoms with Crippen LogP contribution in [0.3, 0.4) is 0 Å². The number of hydrogen-bond acceptors (Lipinski definition) is 4. The van der Waals surface area contributed by atoms with Crippen LogP contribution >= 0.6 is 0 Å². The normalized spacial score (nSPS) is 11.2. The summed E-state index contributed by atoms with van der Waals surface area (Å²) in [5.41, 5.74) is -0.639. The zero-order valence-corrected chi connectivity index (χ0v) is 10.1. The molecule has 0 unspecified atom stereocenters. The van der Waals surface area contributed by atoms with E-state index >= 15 is 0 Å². The lowest BCUT2D eigenvalue weighted by Gasteiger charge is -2.06. The van der Waals surface area contributed by atoms with Gasteiger partial charge in [-0.25, -0.2) is 9.18 Å². The Morgan fingerprint density at radius 1 is 1.32 bits per heavy atom. The number of halogens is 1. The number of benzene rings is 1. The molecule has 6 nitrogen and oxygen atoms in total. The van der Waals surface area contributed by atoms with Crippen LogP contribution in [-0.2, 0) is 10.0 Å². The molecule has 0 fully saturated rings. The lowest BCUT2D eigenvalue weighted by molar-refractivity contribution is 0.0692. The fraction of sp³-hybridized carbons (Fsp3) is 0. The smallest absolute Gasteiger partial charge is 0.338 e. The summed E-state index contributed by atoms with van der Waals surface area (Å²) in [5.74, 6) is -2.47. The molecule has 8 heteroatoms. The van der Waals surface area contributed by atoms with Gasteiger partial charge in [0.05, 0.1) is 17.5 Å². The largest absolute Gasteiger partial charge is 0.478 e. The lowest BCUT2D eigenvalue weighted by Crippen LogP contribution is -2.12. The zero-order valence-electron chi connectivity index (χ0n) is 9.33. The van der Waals surface area contributed by atoms with Gasteiger partial charge in [-0.15, -0.1) is 0 Å². The first kappa shape index (κ1) is 13.1. The first-order valence-corrected chi connectivity index (χ1v) is 6.47. The van der Waals surface area contributed by atoms with Crippen LogP contribution in [0.2, 0.25) is 0 Å². The number of rotatable bonds is 4. The summed E-state index contributed by atoms with van der Waals surface area (Å²) in [4.78, 5) is 10.6. The molecule has 0 aliphatic rings. The van der Waals surface area contributed by atoms with Crippen molar-refractivity contribution in [3.63, 3.8) is 0 Å². The van der Waals surface area contributed by atoms with E-state index in [0.717, 1.165) is 18.2 Å². The Labute approximate surface area is 107 Å². The van der Waals surface area contributed by atoms with Crippen LogP contribution < -0.4 is 4.72 Å². The Balaban J connectivity index is 2.30. The van der Waals surface area contributed by atoms with Crippen LogP contribution in [0.1, 0.15) is 10.4 Å². The maximum atomic E-state index is 13.4. The molecule has 0 radical (unpaired) electrons. The Kier molecular flexibility index (Phi) is 3.26. The number of anilines is 1. The number of carboxylic acids is 1. The van der Waals surface area contributed by atoms with E-state index in [4.69, 9.17) is 9.52 Å². The number of furan rings is 1. The van der Waals surface area contributed by atoms with Crippen molar-refractivity contribution in [2.75, 3.05) is 4.72 Å². The summed E-state index contributed by atoms with van der Waals surface area (Å²) in [6, 6.07) is 5.52. The molecule has 1 aromatic heterocycles. The second kappa shape index (κ2) is 4.73. The van der Waals surface area contributed by atoms with Crippen molar-refractivity contribution in [1.29, 1.82) is 0 Å². The minimum atomic E-state index is -3.95. The first-order chi connectivity index (χ1) is 8.90. The fourth-order valence-corrected chi connectivity index (χ4v) is 2.35. The number of sulfonamides is 1. The van der Waals surface area contributed by atoms with Gasteiger partial charge in [-0.2, -0.15) is 8.42 Å². The third-order valence-electron chi connectivity index (χ3n) is 2.21. The molecule has 0 spiro atoms. The average Bonchev–Trinajstić information content (AvgIpc) is 2.81. The van der Waals surface area contributed by atoms with Gasteiger partial charge in [-0.3, -0.25) is 4.72 Å². The number of aromatic carboxylic acids is 1. The minimum absolute atomic E-state index is 0.0982. The van der Waals surface area contributed by atoms with E-state index in [1.54, 1.807) is 0 Å². The molecule has 2 rings (SSSR count). The predicted octanol–water partition coefficient (Wildman–Crippen LogP) is 1.92. The van der Waals surface area contributed by atoms with Crippen molar-refractivity contribution >= 4 is 21.7 Å². The Bertz CT molecular complexity index is 709. The summed E-state index contributed by atoms with van der Waals surface area (Å²) in [6.45, 7) is 0. The Morgan fingerprint density at radius 2 is 2.05 bits per heavy atom. The molecule has 0 aliphatic heterocycles. The molecule has 0 saturated carbocycles. The molecule has 1 aromatic carbocycles. The minimum Gasteiger partial charge on any atom is -0.478 e. The molecule has 2 N–H and O–H groups in total. The van der Waals surface area contributed by atoms with Gasteiger partial charge in [0.1, 0.15) is 5.82 Å². The predicted molar refractivity (Wildman–Crippen MR) is 62.9 cm³/mol. The highest BCUT2D eigenvalue weighted by atomic mass is 32.2. The lowest BCUT2D eigenvalue weighted by atomic mass is 10.2. The van der Waals surface area contributed by atoms with Crippen molar-refractivity contribution in [2.45, 2.75) is 5.09 Å². The van der Waals surface area contributed by atoms with Gasteiger partial charge in [0.25, 0.3) is 10.0 Å². The highest BCUT2D eigenvalue weighted by Gasteiger charge is 2.18. The monoisotopic (exact) mass is 285 g/mol. The highest BCUT2D eigenvalue weighted by molar-refractivity contribution is 7.92. The highest BCUT2D eigenvalue weighted by Crippen LogP contribution is 2.19. The van der Waals surface area contributed by atoms with Crippen LogP contribution in [0.15, 0.2) is 46.1 Å². The van der Waals surface area contributed by atoms with E-state index in [0.29, 0.717) is 0 Å². The van der Waals surface area contributed by atoms with Crippen LogP contribution in [0, 0.1) is 5.82 Å². The van der Waals surface area contributed by atoms with E-state index in [1.807, 2.05) is 0 Å². The number of hydrogen-bond donors (Lipinski definition) is 2. The molecule has 0 aliphatic carbocycles. The van der Waals surface area contributed by atoms with E-state index in [-0.39, 0.29) is 10.8 Å². The van der Waals surface area contributed by atoms with Crippen molar-refractivity contribution in [3.05, 3.63) is 48.0 Å². The molecule has 100 valence electrons. The third kappa shape index (κ3) is 2.74. The van der Waals surface area contributed by atoms with E-state index in [1.165, 1.54) is 18.4 Å². The van der Waals surface area contributed by atoms with Gasteiger partial charge < -0.3 is 9.52 Å². The number of nitrogens with one attached hydrogen (secondary N) is 1. The SMILES string of the molecule is O=C(O)c1ccc(NS(=O)(=O)c2ccco2)cc1F. The molecule has 1 heterocycles. The second-order valence-corrected chi connectivity index (χ2v) is 5.15. The number of carboxylic acid groups (broad SMARTS) is 1. The molecule has 0 saturated heterocycles. The van der Waals surface area contributed by atoms with Crippen molar-refractivity contribution in [1.82, 2.24) is 0 Å². The number of carbonyl (C=O) groups is 1. The molecular formula is C11H8FNO5S. The van der Waals surface area contributed by atoms with E-state index < -0.39 is 27.4 Å². The van der Waals surface area contributed by atoms with Crippen LogP contribution in [-0.4, -0.2) is 19.5 Å². The topological polar surface area (TPSA) is 96.6 Å². The van der Waals surface area contributed by atoms with Gasteiger partial charge in [0.2, 0.25) is 5.09 Å². The Morgan fingerprint density at radius 3 is 2.58 bits per heavy atom. The molecule has 19 heavy (non-hydrogen) atoms. The standard InChI is InChI=1S/C11H8FNO5S/c12-9-6-7(3-4-8(9)11(14)15)13-19(16,17)10-2-1-5-18-10/h1-6,13H,(H,14,15). The first-order valence-electron chi connectivity index (χ1n) is 4.99. The Hall–Kier alpha value is -2.35. The maximum absolute atomic E-state index is 13.4. The summed E-state index contributed by atoms with van der Waals surface area (Å²) in [7, 11) is -3.95. The summed E-state index contributed by atoms with van der Waals surface area (Å²) in [6.07, 6.45) is 1.18. The second-order valence-electron chi connectivity index (χ2n) is 3.54. The zero-order chi connectivity index (χ0) is 14.0. The van der Waals surface area contributed by atoms with Gasteiger partial charge in [0, 0.05) is 0 Å². The van der Waals surface area contributed by atoms with Crippen molar-refractivity contribution in [3.8, 4) is 0 Å². The maximum Gasteiger partial charge on any atom is 0.338 e. The van der Waals surface area contributed by atoms with Crippen LogP contribution in [0.25, 0.3) is 0 Å². The molecule has 0 atom stereocenters. The molecule has 2 aromatic rings. The molecule has 0 bridgehead atoms. The van der Waals surface area contributed by atoms with Gasteiger partial charge >= 0.3 is 5.97 Å². The fourth-order valence-electron chi connectivity index (χ4n) is 1.37. The third-order valence-corrected chi connectivity index (χ3v) is 3.48. The quantitative estimate of drug-likeness (QED) is 0.894. The summed E-state index contributed by atoms with van der Waals surface area (Å²) in [5, 5.41) is 8.32. The molecular weight excluding hydrogens is 277 g/mol. The van der Waals surface area contributed by atoms with Gasteiger partial charge in [0.15, 0.2) is 0 Å². The van der Waals surface area contributed by atoms with Crippen molar-refractivity contribution < 1.29 is 27.1 Å².